The Morgan fingerprint density at radius 3 is 2.30 bits per heavy atom. The van der Waals surface area contributed by atoms with Crippen LogP contribution in [0.15, 0.2) is 47.2 Å². The maximum absolute atomic E-state index is 14.7. The first-order chi connectivity index (χ1) is 19.9. The largest absolute Gasteiger partial charge is 0.508 e. The maximum Gasteiger partial charge on any atom is 0.255 e. The van der Waals surface area contributed by atoms with E-state index < -0.39 is 57.0 Å². The van der Waals surface area contributed by atoms with Gasteiger partial charge in [-0.05, 0) is 75.9 Å². The highest BCUT2D eigenvalue weighted by Crippen LogP contribution is 2.63. The molecule has 1 amide bonds. The molecule has 0 aromatic heterocycles. The number of nitrogens with zero attached hydrogens (tertiary/aromatic N) is 2. The van der Waals surface area contributed by atoms with E-state index in [1.54, 1.807) is 39.2 Å². The van der Waals surface area contributed by atoms with Gasteiger partial charge in [-0.15, -0.1) is 0 Å². The highest BCUT2D eigenvalue weighted by molar-refractivity contribution is 6.25. The van der Waals surface area contributed by atoms with Crippen LogP contribution < -0.4 is 5.73 Å². The molecule has 0 saturated heterocycles. The fourth-order valence-electron chi connectivity index (χ4n) is 7.80. The van der Waals surface area contributed by atoms with Crippen LogP contribution >= 0.6 is 0 Å². The summed E-state index contributed by atoms with van der Waals surface area (Å²) in [6.45, 7) is 3.54. The number of phenols is 1. The Morgan fingerprint density at radius 2 is 1.72 bits per heavy atom. The third kappa shape index (κ3) is 4.05. The van der Waals surface area contributed by atoms with Crippen molar-refractivity contribution in [1.29, 1.82) is 0 Å². The fraction of sp³-hybridized carbons (Fsp3) is 0.406. The number of benzene rings is 2. The Labute approximate surface area is 248 Å². The van der Waals surface area contributed by atoms with Crippen LogP contribution in [-0.4, -0.2) is 87.5 Å². The molecular weight excluding hydrogens is 557 g/mol. The highest BCUT2D eigenvalue weighted by atomic mass is 19.1. The van der Waals surface area contributed by atoms with Gasteiger partial charge in [0.1, 0.15) is 28.7 Å². The second kappa shape index (κ2) is 9.73. The van der Waals surface area contributed by atoms with Gasteiger partial charge in [-0.1, -0.05) is 26.0 Å². The average molecular weight is 594 g/mol. The maximum atomic E-state index is 14.7. The summed E-state index contributed by atoms with van der Waals surface area (Å²) in [5.74, 6) is -5.67. The third-order valence-electron chi connectivity index (χ3n) is 9.36. The van der Waals surface area contributed by atoms with Gasteiger partial charge >= 0.3 is 0 Å². The molecule has 4 atom stereocenters. The summed E-state index contributed by atoms with van der Waals surface area (Å²) in [6, 6.07) is 6.43. The summed E-state index contributed by atoms with van der Waals surface area (Å²) in [7, 11) is 6.74. The van der Waals surface area contributed by atoms with Crippen LogP contribution in [0.25, 0.3) is 16.9 Å². The van der Waals surface area contributed by atoms with Gasteiger partial charge in [0.15, 0.2) is 11.4 Å². The number of aliphatic hydroxyl groups excluding tert-OH is 2. The molecule has 1 saturated carbocycles. The first kappa shape index (κ1) is 30.4. The number of Topliss-reactive ketones (excluding diaryl/α,β-unsaturated/α-hetero) is 2. The summed E-state index contributed by atoms with van der Waals surface area (Å²) in [5.41, 5.74) is 0.780. The van der Waals surface area contributed by atoms with E-state index in [0.717, 1.165) is 0 Å². The van der Waals surface area contributed by atoms with Gasteiger partial charge in [-0.2, -0.15) is 0 Å². The number of halogens is 1. The molecule has 6 N–H and O–H groups in total. The van der Waals surface area contributed by atoms with E-state index in [9.17, 15) is 39.2 Å². The zero-order valence-electron chi connectivity index (χ0n) is 24.9. The molecule has 0 bridgehead atoms. The Hall–Kier alpha value is -4.06. The van der Waals surface area contributed by atoms with Crippen molar-refractivity contribution in [2.75, 3.05) is 28.2 Å². The SMILES string of the molecule is CN(C)Cc1cc(-c2ccc(O)c3c2C[C@@]2(C)C[C@@]4(C)[C@H](N(C)C)C(=O)C(C(N)=O)=C(O)[C@@]4(O)C(=O)C2=C3O)ccc1F. The predicted molar refractivity (Wildman–Crippen MR) is 156 cm³/mol. The van der Waals surface area contributed by atoms with Gasteiger partial charge in [-0.3, -0.25) is 19.3 Å². The number of fused-ring (bicyclic) bond motifs is 3. The summed E-state index contributed by atoms with van der Waals surface area (Å²) < 4.78 is 14.7. The van der Waals surface area contributed by atoms with Gasteiger partial charge in [0.05, 0.1) is 11.6 Å². The van der Waals surface area contributed by atoms with Crippen molar-refractivity contribution in [3.63, 3.8) is 0 Å². The molecule has 43 heavy (non-hydrogen) atoms. The van der Waals surface area contributed by atoms with E-state index in [-0.39, 0.29) is 35.5 Å². The van der Waals surface area contributed by atoms with E-state index in [1.807, 2.05) is 19.0 Å². The van der Waals surface area contributed by atoms with Gasteiger partial charge in [-0.25, -0.2) is 4.39 Å². The minimum Gasteiger partial charge on any atom is -0.508 e. The first-order valence-corrected chi connectivity index (χ1v) is 13.8. The summed E-state index contributed by atoms with van der Waals surface area (Å²) in [5, 5.41) is 45.9. The lowest BCUT2D eigenvalue weighted by Crippen LogP contribution is -2.72. The van der Waals surface area contributed by atoms with Crippen molar-refractivity contribution in [3.8, 4) is 16.9 Å². The molecule has 11 heteroatoms. The van der Waals surface area contributed by atoms with Crippen LogP contribution in [0.3, 0.4) is 0 Å². The smallest absolute Gasteiger partial charge is 0.255 e. The van der Waals surface area contributed by atoms with Crippen LogP contribution in [0.5, 0.6) is 5.75 Å². The molecule has 0 radical (unpaired) electrons. The van der Waals surface area contributed by atoms with Gasteiger partial charge in [0.2, 0.25) is 5.78 Å². The van der Waals surface area contributed by atoms with E-state index in [0.29, 0.717) is 28.8 Å². The predicted octanol–water partition coefficient (Wildman–Crippen LogP) is 2.61. The van der Waals surface area contributed by atoms with Gasteiger partial charge < -0.3 is 31.1 Å². The number of carbonyl (C=O) groups is 3. The molecule has 2 aromatic carbocycles. The number of hydrogen-bond donors (Lipinski definition) is 5. The minimum absolute atomic E-state index is 0.0290. The lowest BCUT2D eigenvalue weighted by molar-refractivity contribution is -0.175. The summed E-state index contributed by atoms with van der Waals surface area (Å²) >= 11 is 0. The van der Waals surface area contributed by atoms with Crippen molar-refractivity contribution in [2.45, 2.75) is 44.9 Å². The van der Waals surface area contributed by atoms with Crippen molar-refractivity contribution in [2.24, 2.45) is 16.6 Å². The number of carbonyl (C=O) groups excluding carboxylic acids is 3. The van der Waals surface area contributed by atoms with Crippen molar-refractivity contribution >= 4 is 23.2 Å². The van der Waals surface area contributed by atoms with E-state index >= 15 is 0 Å². The zero-order chi connectivity index (χ0) is 32.0. The van der Waals surface area contributed by atoms with Crippen LogP contribution in [0.4, 0.5) is 4.39 Å². The lowest BCUT2D eigenvalue weighted by Gasteiger charge is -2.59. The molecule has 0 heterocycles. The topological polar surface area (TPSA) is 165 Å². The van der Waals surface area contributed by atoms with Crippen LogP contribution in [0.2, 0.25) is 0 Å². The first-order valence-electron chi connectivity index (χ1n) is 13.8. The monoisotopic (exact) mass is 593 g/mol. The van der Waals surface area contributed by atoms with Gasteiger partial charge in [0, 0.05) is 28.5 Å². The van der Waals surface area contributed by atoms with E-state index in [1.165, 1.54) is 24.0 Å². The zero-order valence-corrected chi connectivity index (χ0v) is 24.9. The number of rotatable bonds is 5. The standard InChI is InChI=1S/C32H36FN3O7/c1-30-12-18-17(15-7-9-19(33)16(11-15)13-35(3)4)8-10-20(37)21(18)24(38)23(30)28(41)32(43)27(40)22(29(34)42)25(39)26(36(5)6)31(32,2)14-30/h7-11,26,37-38,40,43H,12-14H2,1-6H3,(H2,34,42)/t26-,30+,31+,32-/m1/s1. The Kier molecular flexibility index (Phi) is 6.88. The summed E-state index contributed by atoms with van der Waals surface area (Å²) in [6.07, 6.45) is 0.000900. The lowest BCUT2D eigenvalue weighted by atomic mass is 9.46. The average Bonchev–Trinajstić information content (AvgIpc) is 2.87. The Morgan fingerprint density at radius 1 is 1.07 bits per heavy atom. The van der Waals surface area contributed by atoms with E-state index in [2.05, 4.69) is 0 Å². The van der Waals surface area contributed by atoms with Crippen LogP contribution in [0, 0.1) is 16.6 Å². The number of aromatic hydroxyl groups is 1. The molecule has 1 fully saturated rings. The highest BCUT2D eigenvalue weighted by Gasteiger charge is 2.72. The number of ketones is 2. The molecule has 0 aliphatic heterocycles. The normalized spacial score (nSPS) is 28.7. The number of likely N-dealkylation sites (N-methyl/N-ethyl adjacent to an activating group) is 1. The Bertz CT molecular complexity index is 1680. The molecule has 3 aliphatic carbocycles. The van der Waals surface area contributed by atoms with E-state index in [4.69, 9.17) is 5.73 Å². The fourth-order valence-corrected chi connectivity index (χ4v) is 7.80. The molecule has 5 rings (SSSR count). The molecule has 228 valence electrons. The number of amides is 1. The second-order valence-electron chi connectivity index (χ2n) is 12.9. The number of nitrogens with two attached hydrogens (primary N) is 1. The van der Waals surface area contributed by atoms with Crippen molar-refractivity contribution in [3.05, 3.63) is 69.7 Å². The number of phenolic OH excluding ortho intramolecular Hbond substituents is 1. The van der Waals surface area contributed by atoms with Crippen LogP contribution in [-0.2, 0) is 27.3 Å². The molecule has 2 aromatic rings. The molecule has 3 aliphatic rings. The molecular formula is C32H36FN3O7. The summed E-state index contributed by atoms with van der Waals surface area (Å²) in [4.78, 5) is 43.5. The minimum atomic E-state index is -2.79. The Balaban J connectivity index is 1.79. The third-order valence-corrected chi connectivity index (χ3v) is 9.36. The second-order valence-corrected chi connectivity index (χ2v) is 12.9. The molecule has 10 nitrogen and oxygen atoms in total. The molecule has 0 unspecified atom stereocenters. The number of aliphatic hydroxyl groups is 3. The quantitative estimate of drug-likeness (QED) is 0.328. The van der Waals surface area contributed by atoms with Crippen LogP contribution in [0.1, 0.15) is 37.0 Å². The van der Waals surface area contributed by atoms with Crippen molar-refractivity contribution < 1.29 is 39.2 Å². The van der Waals surface area contributed by atoms with Gasteiger partial charge in [0.25, 0.3) is 5.91 Å². The number of hydrogen-bond acceptors (Lipinski definition) is 9. The number of primary amides is 1. The molecule has 0 spiro atoms. The van der Waals surface area contributed by atoms with Crippen molar-refractivity contribution in [1.82, 2.24) is 9.80 Å².